The zero-order valence-corrected chi connectivity index (χ0v) is 10.2. The zero-order valence-electron chi connectivity index (χ0n) is 10.2. The molecule has 0 amide bonds. The van der Waals surface area contributed by atoms with Crippen LogP contribution in [0.25, 0.3) is 0 Å². The van der Waals surface area contributed by atoms with Crippen LogP contribution >= 0.6 is 0 Å². The van der Waals surface area contributed by atoms with Crippen LogP contribution in [-0.2, 0) is 0 Å². The summed E-state index contributed by atoms with van der Waals surface area (Å²) in [5, 5.41) is 0. The van der Waals surface area contributed by atoms with Crippen LogP contribution in [0.5, 0.6) is 0 Å². The molecule has 1 fully saturated rings. The fourth-order valence-corrected chi connectivity index (χ4v) is 2.90. The molecule has 0 aliphatic heterocycles. The molecule has 0 aromatic heterocycles. The number of fused-ring (bicyclic) bond motifs is 2. The Morgan fingerprint density at radius 2 is 2.20 bits per heavy atom. The van der Waals surface area contributed by atoms with Crippen molar-refractivity contribution in [3.63, 3.8) is 0 Å². The van der Waals surface area contributed by atoms with Crippen molar-refractivity contribution >= 4 is 0 Å². The van der Waals surface area contributed by atoms with E-state index in [1.807, 2.05) is 0 Å². The van der Waals surface area contributed by atoms with Crippen LogP contribution in [0.2, 0.25) is 0 Å². The van der Waals surface area contributed by atoms with E-state index in [0.717, 1.165) is 23.7 Å². The summed E-state index contributed by atoms with van der Waals surface area (Å²) in [5.74, 6) is 3.57. The van der Waals surface area contributed by atoms with Gasteiger partial charge < -0.3 is 0 Å². The van der Waals surface area contributed by atoms with Gasteiger partial charge in [-0.1, -0.05) is 44.6 Å². The quantitative estimate of drug-likeness (QED) is 0.575. The molecular weight excluding hydrogens is 180 g/mol. The van der Waals surface area contributed by atoms with Gasteiger partial charge in [0.2, 0.25) is 0 Å². The first kappa shape index (κ1) is 11.0. The van der Waals surface area contributed by atoms with Gasteiger partial charge in [0.25, 0.3) is 0 Å². The van der Waals surface area contributed by atoms with Gasteiger partial charge in [0, 0.05) is 0 Å². The molecule has 0 N–H and O–H groups in total. The van der Waals surface area contributed by atoms with E-state index in [1.54, 1.807) is 0 Å². The Morgan fingerprint density at radius 1 is 1.33 bits per heavy atom. The van der Waals surface area contributed by atoms with Crippen LogP contribution in [0.15, 0.2) is 24.3 Å². The molecule has 1 saturated carbocycles. The molecule has 0 heteroatoms. The highest BCUT2D eigenvalue weighted by atomic mass is 14.4. The molecule has 4 unspecified atom stereocenters. The Kier molecular flexibility index (Phi) is 3.66. The predicted molar refractivity (Wildman–Crippen MR) is 66.7 cm³/mol. The SMILES string of the molecule is CCC(C)CC/C=C/C1CC2C=CC1C2. The van der Waals surface area contributed by atoms with Crippen molar-refractivity contribution in [2.75, 3.05) is 0 Å². The van der Waals surface area contributed by atoms with Crippen molar-refractivity contribution in [1.29, 1.82) is 0 Å². The molecule has 0 spiro atoms. The summed E-state index contributed by atoms with van der Waals surface area (Å²) in [7, 11) is 0. The normalized spacial score (nSPS) is 35.5. The highest BCUT2D eigenvalue weighted by Crippen LogP contribution is 2.43. The summed E-state index contributed by atoms with van der Waals surface area (Å²) in [4.78, 5) is 0. The highest BCUT2D eigenvalue weighted by molar-refractivity contribution is 5.14. The lowest BCUT2D eigenvalue weighted by Crippen LogP contribution is -2.02. The molecule has 0 nitrogen and oxygen atoms in total. The fourth-order valence-electron chi connectivity index (χ4n) is 2.90. The van der Waals surface area contributed by atoms with Gasteiger partial charge in [-0.3, -0.25) is 0 Å². The van der Waals surface area contributed by atoms with Gasteiger partial charge in [0.05, 0.1) is 0 Å². The van der Waals surface area contributed by atoms with Gasteiger partial charge in [0.1, 0.15) is 0 Å². The van der Waals surface area contributed by atoms with E-state index in [4.69, 9.17) is 0 Å². The maximum absolute atomic E-state index is 2.50. The van der Waals surface area contributed by atoms with E-state index in [-0.39, 0.29) is 0 Å². The summed E-state index contributed by atoms with van der Waals surface area (Å²) in [6.07, 6.45) is 16.6. The van der Waals surface area contributed by atoms with Gasteiger partial charge >= 0.3 is 0 Å². The van der Waals surface area contributed by atoms with Crippen LogP contribution in [0.1, 0.15) is 46.0 Å². The number of rotatable bonds is 5. The Labute approximate surface area is 94.5 Å². The van der Waals surface area contributed by atoms with Gasteiger partial charge in [0.15, 0.2) is 0 Å². The molecule has 2 bridgehead atoms. The van der Waals surface area contributed by atoms with E-state index in [0.29, 0.717) is 0 Å². The van der Waals surface area contributed by atoms with Crippen molar-refractivity contribution < 1.29 is 0 Å². The third-order valence-corrected chi connectivity index (χ3v) is 4.24. The molecule has 84 valence electrons. The van der Waals surface area contributed by atoms with Crippen molar-refractivity contribution in [2.45, 2.75) is 46.0 Å². The van der Waals surface area contributed by atoms with Crippen molar-refractivity contribution in [2.24, 2.45) is 23.7 Å². The minimum absolute atomic E-state index is 0.872. The largest absolute Gasteiger partial charge is 0.0882 e. The first-order valence-electron chi connectivity index (χ1n) is 6.64. The molecule has 2 rings (SSSR count). The maximum Gasteiger partial charge on any atom is -0.0165 e. The van der Waals surface area contributed by atoms with Crippen LogP contribution in [-0.4, -0.2) is 0 Å². The monoisotopic (exact) mass is 204 g/mol. The molecule has 2 aliphatic carbocycles. The van der Waals surface area contributed by atoms with Gasteiger partial charge in [-0.25, -0.2) is 0 Å². The number of hydrogen-bond donors (Lipinski definition) is 0. The Bertz CT molecular complexity index is 249. The lowest BCUT2D eigenvalue weighted by molar-refractivity contribution is 0.516. The van der Waals surface area contributed by atoms with E-state index in [2.05, 4.69) is 38.2 Å². The Balaban J connectivity index is 1.69. The summed E-state index contributed by atoms with van der Waals surface area (Å²) in [5.41, 5.74) is 0. The lowest BCUT2D eigenvalue weighted by atomic mass is 9.92. The van der Waals surface area contributed by atoms with Crippen LogP contribution < -0.4 is 0 Å². The average molecular weight is 204 g/mol. The maximum atomic E-state index is 2.50. The standard InChI is InChI=1S/C15H24/c1-3-12(2)6-4-5-7-14-10-13-8-9-15(14)11-13/h5,7-9,12-15H,3-4,6,10-11H2,1-2H3/b7-5+. The first-order valence-corrected chi connectivity index (χ1v) is 6.64. The minimum Gasteiger partial charge on any atom is -0.0882 e. The van der Waals surface area contributed by atoms with Crippen molar-refractivity contribution in [1.82, 2.24) is 0 Å². The fraction of sp³-hybridized carbons (Fsp3) is 0.733. The third kappa shape index (κ3) is 2.74. The third-order valence-electron chi connectivity index (χ3n) is 4.24. The smallest absolute Gasteiger partial charge is 0.0165 e. The zero-order chi connectivity index (χ0) is 10.7. The van der Waals surface area contributed by atoms with E-state index in [9.17, 15) is 0 Å². The topological polar surface area (TPSA) is 0 Å². The van der Waals surface area contributed by atoms with Gasteiger partial charge in [-0.15, -0.1) is 0 Å². The molecule has 0 radical (unpaired) electrons. The first-order chi connectivity index (χ1) is 7.29. The average Bonchev–Trinajstić information content (AvgIpc) is 2.85. The second kappa shape index (κ2) is 5.01. The van der Waals surface area contributed by atoms with E-state index < -0.39 is 0 Å². The van der Waals surface area contributed by atoms with Crippen LogP contribution in [0, 0.1) is 23.7 Å². The molecule has 0 heterocycles. The van der Waals surface area contributed by atoms with Crippen LogP contribution in [0.3, 0.4) is 0 Å². The predicted octanol–water partition coefficient (Wildman–Crippen LogP) is 4.58. The second-order valence-corrected chi connectivity index (χ2v) is 5.46. The Hall–Kier alpha value is -0.520. The second-order valence-electron chi connectivity index (χ2n) is 5.46. The van der Waals surface area contributed by atoms with Gasteiger partial charge in [-0.05, 0) is 49.4 Å². The van der Waals surface area contributed by atoms with Crippen LogP contribution in [0.4, 0.5) is 0 Å². The molecule has 4 atom stereocenters. The highest BCUT2D eigenvalue weighted by Gasteiger charge is 2.33. The van der Waals surface area contributed by atoms with E-state index in [1.165, 1.54) is 32.1 Å². The van der Waals surface area contributed by atoms with Gasteiger partial charge in [-0.2, -0.15) is 0 Å². The summed E-state index contributed by atoms with van der Waals surface area (Å²) in [6.45, 7) is 4.64. The molecule has 0 saturated heterocycles. The van der Waals surface area contributed by atoms with Crippen molar-refractivity contribution in [3.05, 3.63) is 24.3 Å². The molecule has 15 heavy (non-hydrogen) atoms. The molecule has 2 aliphatic rings. The number of allylic oxidation sites excluding steroid dienone is 4. The number of hydrogen-bond acceptors (Lipinski definition) is 0. The summed E-state index contributed by atoms with van der Waals surface area (Å²) < 4.78 is 0. The summed E-state index contributed by atoms with van der Waals surface area (Å²) >= 11 is 0. The molecule has 0 aromatic carbocycles. The minimum atomic E-state index is 0.872. The summed E-state index contributed by atoms with van der Waals surface area (Å²) in [6, 6.07) is 0. The molecular formula is C15H24. The van der Waals surface area contributed by atoms with Crippen molar-refractivity contribution in [3.8, 4) is 0 Å². The Morgan fingerprint density at radius 3 is 2.80 bits per heavy atom. The lowest BCUT2D eigenvalue weighted by Gasteiger charge is -2.13. The molecule has 0 aromatic rings. The van der Waals surface area contributed by atoms with E-state index >= 15 is 0 Å².